The zero-order valence-electron chi connectivity index (χ0n) is 16.2. The monoisotopic (exact) mass is 544 g/mol. The van der Waals surface area contributed by atoms with Crippen LogP contribution in [0, 0.1) is 11.6 Å². The Labute approximate surface area is 196 Å². The molecule has 1 atom stereocenters. The van der Waals surface area contributed by atoms with Crippen LogP contribution in [0.2, 0.25) is 5.02 Å². The number of carbonyl (C=O) groups is 2. The summed E-state index contributed by atoms with van der Waals surface area (Å²) in [6, 6.07) is 7.41. The normalized spacial score (nSPS) is 15.2. The topological polar surface area (TPSA) is 58.2 Å². The van der Waals surface area contributed by atoms with Gasteiger partial charge in [0.15, 0.2) is 0 Å². The molecule has 170 valence electrons. The van der Waals surface area contributed by atoms with Crippen LogP contribution in [0.3, 0.4) is 0 Å². The zero-order chi connectivity index (χ0) is 24.1. The lowest BCUT2D eigenvalue weighted by Crippen LogP contribution is -2.21. The Kier molecular flexibility index (Phi) is 5.92. The van der Waals surface area contributed by atoms with E-state index in [0.717, 1.165) is 18.2 Å². The van der Waals surface area contributed by atoms with Crippen molar-refractivity contribution in [2.75, 3.05) is 5.32 Å². The van der Waals surface area contributed by atoms with Crippen molar-refractivity contribution < 1.29 is 31.5 Å². The molecule has 3 aromatic carbocycles. The van der Waals surface area contributed by atoms with Gasteiger partial charge in [-0.2, -0.15) is 13.2 Å². The average molecular weight is 546 g/mol. The first-order valence-electron chi connectivity index (χ1n) is 9.23. The summed E-state index contributed by atoms with van der Waals surface area (Å²) in [4.78, 5) is 25.3. The van der Waals surface area contributed by atoms with E-state index in [9.17, 15) is 31.5 Å². The molecule has 0 fully saturated rings. The maximum atomic E-state index is 13.9. The molecule has 33 heavy (non-hydrogen) atoms. The number of hydrogen-bond acceptors (Lipinski definition) is 2. The molecule has 1 aliphatic heterocycles. The molecule has 0 aliphatic carbocycles. The van der Waals surface area contributed by atoms with E-state index in [-0.39, 0.29) is 27.4 Å². The number of halogens is 7. The van der Waals surface area contributed by atoms with Crippen LogP contribution >= 0.6 is 27.5 Å². The van der Waals surface area contributed by atoms with Crippen LogP contribution < -0.4 is 10.6 Å². The van der Waals surface area contributed by atoms with Gasteiger partial charge in [-0.15, -0.1) is 0 Å². The van der Waals surface area contributed by atoms with Crippen molar-refractivity contribution in [1.29, 1.82) is 0 Å². The van der Waals surface area contributed by atoms with Gasteiger partial charge in [0.1, 0.15) is 11.6 Å². The van der Waals surface area contributed by atoms with Crippen molar-refractivity contribution in [3.63, 3.8) is 0 Å². The van der Waals surface area contributed by atoms with Crippen LogP contribution in [0.15, 0.2) is 53.0 Å². The third-order valence-corrected chi connectivity index (χ3v) is 5.81. The van der Waals surface area contributed by atoms with E-state index in [1.165, 1.54) is 18.2 Å². The predicted octanol–water partition coefficient (Wildman–Crippen LogP) is 6.48. The van der Waals surface area contributed by atoms with Gasteiger partial charge in [-0.25, -0.2) is 8.78 Å². The SMILES string of the molecule is O=C(Nc1cc(Br)cc2c1C(c1cc(F)ccc1Cl)NC2=O)c1ccc(F)c(C(F)(F)F)c1. The Balaban J connectivity index is 1.78. The van der Waals surface area contributed by atoms with Gasteiger partial charge in [-0.1, -0.05) is 27.5 Å². The van der Waals surface area contributed by atoms with E-state index >= 15 is 0 Å². The predicted molar refractivity (Wildman–Crippen MR) is 114 cm³/mol. The van der Waals surface area contributed by atoms with E-state index in [0.29, 0.717) is 16.6 Å². The molecule has 0 radical (unpaired) electrons. The number of amides is 2. The van der Waals surface area contributed by atoms with E-state index in [2.05, 4.69) is 26.6 Å². The molecule has 1 heterocycles. The van der Waals surface area contributed by atoms with Crippen molar-refractivity contribution >= 4 is 45.0 Å². The lowest BCUT2D eigenvalue weighted by molar-refractivity contribution is -0.140. The van der Waals surface area contributed by atoms with Gasteiger partial charge in [0.05, 0.1) is 11.6 Å². The molecular formula is C22H11BrClF5N2O2. The number of benzene rings is 3. The average Bonchev–Trinajstić information content (AvgIpc) is 3.05. The van der Waals surface area contributed by atoms with E-state index in [1.54, 1.807) is 0 Å². The Morgan fingerprint density at radius 1 is 1.06 bits per heavy atom. The fourth-order valence-electron chi connectivity index (χ4n) is 3.55. The first-order valence-corrected chi connectivity index (χ1v) is 10.4. The first kappa shape index (κ1) is 23.2. The molecule has 0 bridgehead atoms. The van der Waals surface area contributed by atoms with Crippen molar-refractivity contribution in [2.24, 2.45) is 0 Å². The highest BCUT2D eigenvalue weighted by atomic mass is 79.9. The number of nitrogens with one attached hydrogen (secondary N) is 2. The van der Waals surface area contributed by atoms with E-state index < -0.39 is 46.8 Å². The van der Waals surface area contributed by atoms with Crippen LogP contribution in [0.5, 0.6) is 0 Å². The van der Waals surface area contributed by atoms with Gasteiger partial charge >= 0.3 is 6.18 Å². The van der Waals surface area contributed by atoms with Crippen molar-refractivity contribution in [2.45, 2.75) is 12.2 Å². The summed E-state index contributed by atoms with van der Waals surface area (Å²) in [6.45, 7) is 0. The molecule has 4 rings (SSSR count). The van der Waals surface area contributed by atoms with Gasteiger partial charge in [0, 0.05) is 37.4 Å². The first-order chi connectivity index (χ1) is 15.5. The number of hydrogen-bond donors (Lipinski definition) is 2. The standard InChI is InChI=1S/C22H11BrClF5N2O2/c23-10-6-13-18(19(31-21(13)33)12-8-11(25)2-3-15(12)24)17(7-10)30-20(32)9-1-4-16(26)14(5-9)22(27,28)29/h1-8,19H,(H,30,32)(H,31,33). The zero-order valence-corrected chi connectivity index (χ0v) is 18.5. The van der Waals surface area contributed by atoms with Gasteiger partial charge < -0.3 is 10.6 Å². The minimum absolute atomic E-state index is 0.0749. The summed E-state index contributed by atoms with van der Waals surface area (Å²) in [5.41, 5.74) is -1.33. The Morgan fingerprint density at radius 3 is 2.48 bits per heavy atom. The second-order valence-electron chi connectivity index (χ2n) is 7.13. The number of alkyl halides is 3. The molecule has 3 aromatic rings. The molecule has 0 saturated carbocycles. The third-order valence-electron chi connectivity index (χ3n) is 5.00. The lowest BCUT2D eigenvalue weighted by Gasteiger charge is -2.18. The molecular weight excluding hydrogens is 535 g/mol. The van der Waals surface area contributed by atoms with Crippen LogP contribution in [0.4, 0.5) is 27.6 Å². The molecule has 1 unspecified atom stereocenters. The maximum absolute atomic E-state index is 13.9. The smallest absolute Gasteiger partial charge is 0.341 e. The Bertz CT molecular complexity index is 1310. The Hall–Kier alpha value is -2.98. The molecule has 2 N–H and O–H groups in total. The van der Waals surface area contributed by atoms with Crippen molar-refractivity contribution in [1.82, 2.24) is 5.32 Å². The minimum Gasteiger partial charge on any atom is -0.341 e. The largest absolute Gasteiger partial charge is 0.419 e. The highest BCUT2D eigenvalue weighted by Gasteiger charge is 2.36. The minimum atomic E-state index is -4.99. The van der Waals surface area contributed by atoms with Crippen LogP contribution in [-0.4, -0.2) is 11.8 Å². The Morgan fingerprint density at radius 2 is 1.79 bits per heavy atom. The number of rotatable bonds is 3. The molecule has 0 aromatic heterocycles. The highest BCUT2D eigenvalue weighted by molar-refractivity contribution is 9.10. The van der Waals surface area contributed by atoms with Crippen molar-refractivity contribution in [3.8, 4) is 0 Å². The summed E-state index contributed by atoms with van der Waals surface area (Å²) < 4.78 is 67.0. The molecule has 2 amide bonds. The fraction of sp³-hybridized carbons (Fsp3) is 0.0909. The molecule has 11 heteroatoms. The van der Waals surface area contributed by atoms with E-state index in [1.807, 2.05) is 0 Å². The van der Waals surface area contributed by atoms with Crippen molar-refractivity contribution in [3.05, 3.63) is 97.5 Å². The van der Waals surface area contributed by atoms with Gasteiger partial charge in [-0.05, 0) is 48.5 Å². The molecule has 0 spiro atoms. The second kappa shape index (κ2) is 8.42. The summed E-state index contributed by atoms with van der Waals surface area (Å²) >= 11 is 9.42. The quantitative estimate of drug-likeness (QED) is 0.370. The molecule has 1 aliphatic rings. The number of carbonyl (C=O) groups excluding carboxylic acids is 2. The summed E-state index contributed by atoms with van der Waals surface area (Å²) in [6.07, 6.45) is -4.99. The third kappa shape index (κ3) is 4.45. The molecule has 0 saturated heterocycles. The van der Waals surface area contributed by atoms with Gasteiger partial charge in [-0.3, -0.25) is 9.59 Å². The second-order valence-corrected chi connectivity index (χ2v) is 8.46. The molecule has 4 nitrogen and oxygen atoms in total. The van der Waals surface area contributed by atoms with Crippen LogP contribution in [-0.2, 0) is 6.18 Å². The fourth-order valence-corrected chi connectivity index (χ4v) is 4.23. The lowest BCUT2D eigenvalue weighted by atomic mass is 9.96. The van der Waals surface area contributed by atoms with Gasteiger partial charge in [0.2, 0.25) is 0 Å². The summed E-state index contributed by atoms with van der Waals surface area (Å²) in [5, 5.41) is 5.28. The van der Waals surface area contributed by atoms with E-state index in [4.69, 9.17) is 11.6 Å². The summed E-state index contributed by atoms with van der Waals surface area (Å²) in [5.74, 6) is -3.61. The maximum Gasteiger partial charge on any atom is 0.419 e. The number of anilines is 1. The highest BCUT2D eigenvalue weighted by Crippen LogP contribution is 2.41. The number of fused-ring (bicyclic) bond motifs is 1. The van der Waals surface area contributed by atoms with Gasteiger partial charge in [0.25, 0.3) is 11.8 Å². The van der Waals surface area contributed by atoms with Crippen LogP contribution in [0.1, 0.15) is 43.4 Å². The summed E-state index contributed by atoms with van der Waals surface area (Å²) in [7, 11) is 0. The van der Waals surface area contributed by atoms with Crippen LogP contribution in [0.25, 0.3) is 0 Å².